The van der Waals surface area contributed by atoms with Gasteiger partial charge >= 0.3 is 5.97 Å². The zero-order valence-corrected chi connectivity index (χ0v) is 13.2. The highest BCUT2D eigenvalue weighted by Gasteiger charge is 2.17. The molecule has 6 nitrogen and oxygen atoms in total. The molecule has 1 aromatic heterocycles. The van der Waals surface area contributed by atoms with E-state index in [0.29, 0.717) is 28.0 Å². The first kappa shape index (κ1) is 15.2. The predicted molar refractivity (Wildman–Crippen MR) is 81.3 cm³/mol. The Balaban J connectivity index is 2.24. The van der Waals surface area contributed by atoms with Crippen LogP contribution >= 0.6 is 15.9 Å². The summed E-state index contributed by atoms with van der Waals surface area (Å²) in [6.07, 6.45) is 1.57. The van der Waals surface area contributed by atoms with Crippen molar-refractivity contribution in [2.45, 2.75) is 13.5 Å². The summed E-state index contributed by atoms with van der Waals surface area (Å²) in [7, 11) is 1.31. The number of aromatic nitrogens is 2. The third kappa shape index (κ3) is 3.30. The standard InChI is InChI=1S/C14H14BrN3O3/c1-3-18-12(11(15)8-16-18)13(19)17-10-6-4-5-9(7-10)14(20)21-2/h4-8H,3H2,1-2H3,(H,17,19). The summed E-state index contributed by atoms with van der Waals surface area (Å²) in [4.78, 5) is 23.8. The van der Waals surface area contributed by atoms with Gasteiger partial charge < -0.3 is 10.1 Å². The van der Waals surface area contributed by atoms with Crippen molar-refractivity contribution < 1.29 is 14.3 Å². The molecule has 1 aromatic carbocycles. The second kappa shape index (κ2) is 6.53. The maximum atomic E-state index is 12.3. The minimum absolute atomic E-state index is 0.303. The van der Waals surface area contributed by atoms with E-state index >= 15 is 0 Å². The number of halogens is 1. The highest BCUT2D eigenvalue weighted by Crippen LogP contribution is 2.19. The summed E-state index contributed by atoms with van der Waals surface area (Å²) < 4.78 is 6.85. The van der Waals surface area contributed by atoms with E-state index in [1.54, 1.807) is 35.1 Å². The van der Waals surface area contributed by atoms with Crippen LogP contribution in [0.1, 0.15) is 27.8 Å². The molecule has 1 amide bonds. The number of carbonyl (C=O) groups is 2. The van der Waals surface area contributed by atoms with E-state index in [9.17, 15) is 9.59 Å². The van der Waals surface area contributed by atoms with Crippen molar-refractivity contribution in [3.05, 3.63) is 46.2 Å². The molecule has 0 aliphatic rings. The summed E-state index contributed by atoms with van der Waals surface area (Å²) >= 11 is 3.30. The molecule has 110 valence electrons. The van der Waals surface area contributed by atoms with Crippen molar-refractivity contribution in [3.8, 4) is 0 Å². The zero-order valence-electron chi connectivity index (χ0n) is 11.6. The molecule has 7 heteroatoms. The lowest BCUT2D eigenvalue weighted by Gasteiger charge is -2.08. The lowest BCUT2D eigenvalue weighted by molar-refractivity contribution is 0.0600. The van der Waals surface area contributed by atoms with Crippen LogP contribution in [0.5, 0.6) is 0 Å². The number of rotatable bonds is 4. The van der Waals surface area contributed by atoms with Crippen molar-refractivity contribution in [3.63, 3.8) is 0 Å². The first-order chi connectivity index (χ1) is 10.1. The third-order valence-corrected chi connectivity index (χ3v) is 3.43. The fourth-order valence-corrected chi connectivity index (χ4v) is 2.34. The Kier molecular flexibility index (Phi) is 4.74. The summed E-state index contributed by atoms with van der Waals surface area (Å²) in [5, 5.41) is 6.83. The SMILES string of the molecule is CCn1ncc(Br)c1C(=O)Nc1cccc(C(=O)OC)c1. The molecule has 1 N–H and O–H groups in total. The van der Waals surface area contributed by atoms with Crippen molar-refractivity contribution in [1.29, 1.82) is 0 Å². The number of benzene rings is 1. The summed E-state index contributed by atoms with van der Waals surface area (Å²) in [6.45, 7) is 2.48. The number of nitrogens with zero attached hydrogens (tertiary/aromatic N) is 2. The van der Waals surface area contributed by atoms with Crippen LogP contribution in [0, 0.1) is 0 Å². The second-order valence-electron chi connectivity index (χ2n) is 4.18. The number of hydrogen-bond donors (Lipinski definition) is 1. The minimum Gasteiger partial charge on any atom is -0.465 e. The summed E-state index contributed by atoms with van der Waals surface area (Å²) in [6, 6.07) is 6.55. The van der Waals surface area contributed by atoms with Gasteiger partial charge in [0.1, 0.15) is 5.69 Å². The Hall–Kier alpha value is -2.15. The number of esters is 1. The van der Waals surface area contributed by atoms with Crippen molar-refractivity contribution in [1.82, 2.24) is 9.78 Å². The largest absolute Gasteiger partial charge is 0.465 e. The van der Waals surface area contributed by atoms with Gasteiger partial charge in [-0.1, -0.05) is 6.07 Å². The highest BCUT2D eigenvalue weighted by atomic mass is 79.9. The molecule has 0 aliphatic carbocycles. The average molecular weight is 352 g/mol. The van der Waals surface area contributed by atoms with Crippen LogP contribution in [0.3, 0.4) is 0 Å². The van der Waals surface area contributed by atoms with Gasteiger partial charge in [0.15, 0.2) is 0 Å². The third-order valence-electron chi connectivity index (χ3n) is 2.85. The van der Waals surface area contributed by atoms with Gasteiger partial charge in [-0.2, -0.15) is 5.10 Å². The predicted octanol–water partition coefficient (Wildman–Crippen LogP) is 2.70. The molecule has 2 rings (SSSR count). The normalized spacial score (nSPS) is 10.2. The van der Waals surface area contributed by atoms with Crippen molar-refractivity contribution in [2.24, 2.45) is 0 Å². The Morgan fingerprint density at radius 3 is 2.86 bits per heavy atom. The van der Waals surface area contributed by atoms with Crippen LogP contribution in [0.15, 0.2) is 34.9 Å². The number of ether oxygens (including phenoxy) is 1. The quantitative estimate of drug-likeness (QED) is 0.859. The van der Waals surface area contributed by atoms with E-state index in [1.165, 1.54) is 7.11 Å². The summed E-state index contributed by atoms with van der Waals surface area (Å²) in [5.74, 6) is -0.755. The monoisotopic (exact) mass is 351 g/mol. The van der Waals surface area contributed by atoms with Gasteiger partial charge in [-0.25, -0.2) is 4.79 Å². The molecule has 0 saturated heterocycles. The number of nitrogens with one attached hydrogen (secondary N) is 1. The molecule has 0 fully saturated rings. The fourth-order valence-electron chi connectivity index (χ4n) is 1.86. The van der Waals surface area contributed by atoms with Gasteiger partial charge in [0.25, 0.3) is 5.91 Å². The van der Waals surface area contributed by atoms with E-state index in [4.69, 9.17) is 0 Å². The Morgan fingerprint density at radius 1 is 1.43 bits per heavy atom. The van der Waals surface area contributed by atoms with Crippen LogP contribution in [0.25, 0.3) is 0 Å². The molecule has 0 atom stereocenters. The van der Waals surface area contributed by atoms with E-state index in [2.05, 4.69) is 31.1 Å². The first-order valence-electron chi connectivity index (χ1n) is 6.27. The lowest BCUT2D eigenvalue weighted by atomic mass is 10.2. The number of anilines is 1. The van der Waals surface area contributed by atoms with Crippen molar-refractivity contribution in [2.75, 3.05) is 12.4 Å². The van der Waals surface area contributed by atoms with Gasteiger partial charge in [0, 0.05) is 12.2 Å². The van der Waals surface area contributed by atoms with Crippen LogP contribution in [0.2, 0.25) is 0 Å². The van der Waals surface area contributed by atoms with E-state index in [0.717, 1.165) is 0 Å². The molecule has 0 unspecified atom stereocenters. The van der Waals surface area contributed by atoms with Gasteiger partial charge in [-0.05, 0) is 41.1 Å². The molecular formula is C14H14BrN3O3. The second-order valence-corrected chi connectivity index (χ2v) is 5.04. The Morgan fingerprint density at radius 2 is 2.19 bits per heavy atom. The topological polar surface area (TPSA) is 73.2 Å². The maximum absolute atomic E-state index is 12.3. The number of hydrogen-bond acceptors (Lipinski definition) is 4. The number of aryl methyl sites for hydroxylation is 1. The summed E-state index contributed by atoms with van der Waals surface area (Å²) in [5.41, 5.74) is 1.32. The smallest absolute Gasteiger partial charge is 0.337 e. The molecule has 0 saturated carbocycles. The molecule has 1 heterocycles. The van der Waals surface area contributed by atoms with Crippen LogP contribution in [-0.4, -0.2) is 28.8 Å². The molecular weight excluding hydrogens is 338 g/mol. The Bertz CT molecular complexity index is 682. The van der Waals surface area contributed by atoms with Crippen LogP contribution < -0.4 is 5.32 Å². The molecule has 21 heavy (non-hydrogen) atoms. The average Bonchev–Trinajstić information content (AvgIpc) is 2.87. The number of amides is 1. The molecule has 2 aromatic rings. The van der Waals surface area contributed by atoms with Gasteiger partial charge in [0.05, 0.1) is 23.3 Å². The van der Waals surface area contributed by atoms with Gasteiger partial charge in [-0.15, -0.1) is 0 Å². The zero-order chi connectivity index (χ0) is 15.4. The van der Waals surface area contributed by atoms with Gasteiger partial charge in [0.2, 0.25) is 0 Å². The highest BCUT2D eigenvalue weighted by molar-refractivity contribution is 9.10. The molecule has 0 aliphatic heterocycles. The van der Waals surface area contributed by atoms with Gasteiger partial charge in [-0.3, -0.25) is 9.48 Å². The number of carbonyl (C=O) groups excluding carboxylic acids is 2. The first-order valence-corrected chi connectivity index (χ1v) is 7.07. The lowest BCUT2D eigenvalue weighted by Crippen LogP contribution is -2.18. The Labute approximate surface area is 130 Å². The minimum atomic E-state index is -0.453. The maximum Gasteiger partial charge on any atom is 0.337 e. The van der Waals surface area contributed by atoms with Crippen LogP contribution in [-0.2, 0) is 11.3 Å². The van der Waals surface area contributed by atoms with Crippen LogP contribution in [0.4, 0.5) is 5.69 Å². The van der Waals surface area contributed by atoms with E-state index in [1.807, 2.05) is 6.92 Å². The van der Waals surface area contributed by atoms with E-state index < -0.39 is 5.97 Å². The molecule has 0 radical (unpaired) electrons. The molecule has 0 bridgehead atoms. The molecule has 0 spiro atoms. The van der Waals surface area contributed by atoms with E-state index in [-0.39, 0.29) is 5.91 Å². The van der Waals surface area contributed by atoms with Crippen molar-refractivity contribution >= 4 is 33.5 Å². The fraction of sp³-hybridized carbons (Fsp3) is 0.214. The number of methoxy groups -OCH3 is 1.